The third-order valence-electron chi connectivity index (χ3n) is 6.14. The first-order valence-electron chi connectivity index (χ1n) is 10.6. The third-order valence-corrected chi connectivity index (χ3v) is 6.14. The van der Waals surface area contributed by atoms with Crippen molar-refractivity contribution < 1.29 is 23.8 Å². The van der Waals surface area contributed by atoms with Gasteiger partial charge in [0.15, 0.2) is 0 Å². The number of carbonyl (C=O) groups excluding carboxylic acids is 1. The van der Waals surface area contributed by atoms with Crippen molar-refractivity contribution >= 4 is 23.0 Å². The Balaban J connectivity index is 1.27. The minimum atomic E-state index is -1.10. The molecule has 3 N–H and O–H groups in total. The zero-order valence-electron chi connectivity index (χ0n) is 17.5. The fraction of sp³-hybridized carbons (Fsp3) is 0.154. The van der Waals surface area contributed by atoms with Gasteiger partial charge in [-0.2, -0.15) is 0 Å². The Morgan fingerprint density at radius 1 is 1.03 bits per heavy atom. The highest BCUT2D eigenvalue weighted by Gasteiger charge is 2.29. The van der Waals surface area contributed by atoms with Crippen LogP contribution in [0.3, 0.4) is 0 Å². The first-order chi connectivity index (χ1) is 16.0. The summed E-state index contributed by atoms with van der Waals surface area (Å²) in [5, 5.41) is 12.9. The van der Waals surface area contributed by atoms with E-state index in [1.165, 1.54) is 24.4 Å². The minimum absolute atomic E-state index is 0.0815. The van der Waals surface area contributed by atoms with Gasteiger partial charge < -0.3 is 20.1 Å². The summed E-state index contributed by atoms with van der Waals surface area (Å²) in [6, 6.07) is 20.2. The average Bonchev–Trinajstić information content (AvgIpc) is 3.36. The zero-order chi connectivity index (χ0) is 22.9. The van der Waals surface area contributed by atoms with Crippen LogP contribution < -0.4 is 5.32 Å². The first-order valence-corrected chi connectivity index (χ1v) is 10.6. The molecule has 4 aromatic rings. The highest BCUT2D eigenvalue weighted by molar-refractivity contribution is 5.90. The predicted octanol–water partition coefficient (Wildman–Crippen LogP) is 5.01. The second kappa shape index (κ2) is 8.43. The molecule has 0 fully saturated rings. The Bertz CT molecular complexity index is 1320. The monoisotopic (exact) mass is 444 g/mol. The fourth-order valence-corrected chi connectivity index (χ4v) is 4.57. The van der Waals surface area contributed by atoms with Gasteiger partial charge in [-0.05, 0) is 46.0 Å². The van der Waals surface area contributed by atoms with E-state index in [4.69, 9.17) is 4.74 Å². The summed E-state index contributed by atoms with van der Waals surface area (Å²) < 4.78 is 18.9. The Kier molecular flexibility index (Phi) is 5.30. The molecule has 0 radical (unpaired) electrons. The predicted molar refractivity (Wildman–Crippen MR) is 122 cm³/mol. The van der Waals surface area contributed by atoms with Gasteiger partial charge >= 0.3 is 12.1 Å². The molecular formula is C26H21FN2O4. The Hall–Kier alpha value is -4.13. The van der Waals surface area contributed by atoms with E-state index < -0.39 is 23.8 Å². The molecule has 1 aliphatic rings. The van der Waals surface area contributed by atoms with E-state index in [-0.39, 0.29) is 19.1 Å². The molecule has 0 unspecified atom stereocenters. The maximum Gasteiger partial charge on any atom is 0.407 e. The second-order valence-corrected chi connectivity index (χ2v) is 8.03. The molecule has 0 aliphatic heterocycles. The lowest BCUT2D eigenvalue weighted by molar-refractivity contribution is -0.138. The van der Waals surface area contributed by atoms with E-state index in [9.17, 15) is 19.1 Å². The molecule has 33 heavy (non-hydrogen) atoms. The molecule has 0 saturated heterocycles. The number of halogens is 1. The van der Waals surface area contributed by atoms with Gasteiger partial charge in [0.25, 0.3) is 0 Å². The number of rotatable bonds is 6. The lowest BCUT2D eigenvalue weighted by Gasteiger charge is -2.16. The maximum absolute atomic E-state index is 13.4. The van der Waals surface area contributed by atoms with Crippen molar-refractivity contribution in [3.63, 3.8) is 0 Å². The highest BCUT2D eigenvalue weighted by Crippen LogP contribution is 2.44. The molecule has 166 valence electrons. The number of carboxylic acid groups (broad SMARTS) is 1. The van der Waals surface area contributed by atoms with Crippen LogP contribution in [0.1, 0.15) is 28.5 Å². The molecular weight excluding hydrogens is 423 g/mol. The van der Waals surface area contributed by atoms with Crippen LogP contribution in [0.2, 0.25) is 0 Å². The average molecular weight is 444 g/mol. The number of hydrogen-bond acceptors (Lipinski definition) is 3. The summed E-state index contributed by atoms with van der Waals surface area (Å²) in [5.74, 6) is -2.61. The largest absolute Gasteiger partial charge is 0.481 e. The van der Waals surface area contributed by atoms with Crippen molar-refractivity contribution in [3.05, 3.63) is 95.4 Å². The number of amides is 1. The van der Waals surface area contributed by atoms with Crippen LogP contribution >= 0.6 is 0 Å². The van der Waals surface area contributed by atoms with E-state index >= 15 is 0 Å². The summed E-state index contributed by atoms with van der Waals surface area (Å²) >= 11 is 0. The van der Waals surface area contributed by atoms with Gasteiger partial charge in [-0.15, -0.1) is 0 Å². The summed E-state index contributed by atoms with van der Waals surface area (Å²) in [6.07, 6.45) is 0.844. The van der Waals surface area contributed by atoms with Gasteiger partial charge in [0.1, 0.15) is 18.3 Å². The van der Waals surface area contributed by atoms with E-state index in [0.717, 1.165) is 22.3 Å². The van der Waals surface area contributed by atoms with Crippen LogP contribution in [0, 0.1) is 5.82 Å². The number of fused-ring (bicyclic) bond motifs is 4. The number of alkyl carbamates (subject to hydrolysis) is 1. The quantitative estimate of drug-likeness (QED) is 0.390. The number of ether oxygens (including phenoxy) is 1. The van der Waals surface area contributed by atoms with E-state index in [0.29, 0.717) is 16.5 Å². The zero-order valence-corrected chi connectivity index (χ0v) is 17.5. The number of carboxylic acids is 1. The van der Waals surface area contributed by atoms with Gasteiger partial charge in [-0.25, -0.2) is 9.18 Å². The van der Waals surface area contributed by atoms with E-state index in [1.807, 2.05) is 36.4 Å². The van der Waals surface area contributed by atoms with Crippen molar-refractivity contribution in [1.29, 1.82) is 0 Å². The number of H-pyrrole nitrogens is 1. The third kappa shape index (κ3) is 3.82. The molecule has 6 nitrogen and oxygen atoms in total. The van der Waals surface area contributed by atoms with Crippen molar-refractivity contribution in [2.45, 2.75) is 11.8 Å². The van der Waals surface area contributed by atoms with E-state index in [1.54, 1.807) is 0 Å². The van der Waals surface area contributed by atoms with Gasteiger partial charge in [-0.1, -0.05) is 48.5 Å². The molecule has 1 aromatic heterocycles. The number of carbonyl (C=O) groups is 2. The van der Waals surface area contributed by atoms with Gasteiger partial charge in [0.2, 0.25) is 0 Å². The summed E-state index contributed by atoms with van der Waals surface area (Å²) in [4.78, 5) is 27.2. The molecule has 0 bridgehead atoms. The van der Waals surface area contributed by atoms with Crippen LogP contribution in [0.15, 0.2) is 72.9 Å². The fourth-order valence-electron chi connectivity index (χ4n) is 4.57. The molecule has 1 heterocycles. The Morgan fingerprint density at radius 3 is 2.36 bits per heavy atom. The summed E-state index contributed by atoms with van der Waals surface area (Å²) in [7, 11) is 0. The number of aliphatic carboxylic acids is 1. The van der Waals surface area contributed by atoms with Crippen LogP contribution in [0.4, 0.5) is 9.18 Å². The Labute approximate surface area is 189 Å². The van der Waals surface area contributed by atoms with Gasteiger partial charge in [0, 0.05) is 29.6 Å². The number of aromatic amines is 1. The van der Waals surface area contributed by atoms with Crippen LogP contribution in [0.25, 0.3) is 22.0 Å². The standard InChI is InChI=1S/C26H21FN2O4/c27-15-9-10-20-21(12-28-24(20)11-15)22(25(30)31)13-29-26(32)33-14-23-18-7-3-1-5-16(18)17-6-2-4-8-19(17)23/h1-12,22-23,28H,13-14H2,(H,29,32)(H,30,31)/t22-/m1/s1. The lowest BCUT2D eigenvalue weighted by Crippen LogP contribution is -2.32. The Morgan fingerprint density at radius 2 is 1.70 bits per heavy atom. The molecule has 3 aromatic carbocycles. The van der Waals surface area contributed by atoms with Crippen molar-refractivity contribution in [3.8, 4) is 11.1 Å². The molecule has 1 aliphatic carbocycles. The maximum atomic E-state index is 13.4. The van der Waals surface area contributed by atoms with Gasteiger partial charge in [0.05, 0.1) is 0 Å². The number of benzene rings is 3. The van der Waals surface area contributed by atoms with Crippen molar-refractivity contribution in [2.24, 2.45) is 0 Å². The minimum Gasteiger partial charge on any atom is -0.481 e. The molecule has 0 spiro atoms. The molecule has 1 amide bonds. The van der Waals surface area contributed by atoms with Crippen molar-refractivity contribution in [2.75, 3.05) is 13.2 Å². The van der Waals surface area contributed by atoms with Crippen LogP contribution in [-0.2, 0) is 9.53 Å². The summed E-state index contributed by atoms with van der Waals surface area (Å²) in [6.45, 7) is -0.0136. The molecule has 5 rings (SSSR count). The molecule has 1 atom stereocenters. The van der Waals surface area contributed by atoms with Crippen LogP contribution in [-0.4, -0.2) is 35.3 Å². The van der Waals surface area contributed by atoms with Crippen LogP contribution in [0.5, 0.6) is 0 Å². The molecule has 7 heteroatoms. The number of hydrogen-bond donors (Lipinski definition) is 3. The number of nitrogens with one attached hydrogen (secondary N) is 2. The number of aromatic nitrogens is 1. The van der Waals surface area contributed by atoms with Gasteiger partial charge in [-0.3, -0.25) is 4.79 Å². The lowest BCUT2D eigenvalue weighted by atomic mass is 9.98. The highest BCUT2D eigenvalue weighted by atomic mass is 19.1. The SMILES string of the molecule is O=C(NC[C@@H](C(=O)O)c1c[nH]c2cc(F)ccc12)OCC1c2ccccc2-c2ccccc21. The summed E-state index contributed by atoms with van der Waals surface area (Å²) in [5.41, 5.74) is 5.42. The van der Waals surface area contributed by atoms with E-state index in [2.05, 4.69) is 22.4 Å². The van der Waals surface area contributed by atoms with Crippen molar-refractivity contribution in [1.82, 2.24) is 10.3 Å². The molecule has 0 saturated carbocycles. The second-order valence-electron chi connectivity index (χ2n) is 8.03. The first kappa shape index (κ1) is 20.8. The normalized spacial score (nSPS) is 13.4. The smallest absolute Gasteiger partial charge is 0.407 e. The topological polar surface area (TPSA) is 91.4 Å².